The molecule has 0 fully saturated rings. The van der Waals surface area contributed by atoms with Crippen LogP contribution in [0.15, 0.2) is 61.1 Å². The van der Waals surface area contributed by atoms with Gasteiger partial charge in [0.15, 0.2) is 5.65 Å². The van der Waals surface area contributed by atoms with Crippen molar-refractivity contribution >= 4 is 22.5 Å². The highest BCUT2D eigenvalue weighted by atomic mass is 19.1. The first-order chi connectivity index (χ1) is 12.3. The van der Waals surface area contributed by atoms with Gasteiger partial charge < -0.3 is 4.90 Å². The average Bonchev–Trinajstić information content (AvgIpc) is 3.26. The Morgan fingerprint density at radius 1 is 0.960 bits per heavy atom. The Morgan fingerprint density at radius 2 is 1.80 bits per heavy atom. The molecule has 0 bridgehead atoms. The maximum atomic E-state index is 13.2. The molecule has 0 amide bonds. The fourth-order valence-corrected chi connectivity index (χ4v) is 3.38. The van der Waals surface area contributed by atoms with Crippen molar-refractivity contribution in [2.24, 2.45) is 0 Å². The van der Waals surface area contributed by atoms with E-state index in [1.54, 1.807) is 29.3 Å². The monoisotopic (exact) mass is 331 g/mol. The Hall–Kier alpha value is -3.28. The van der Waals surface area contributed by atoms with E-state index < -0.39 is 0 Å². The summed E-state index contributed by atoms with van der Waals surface area (Å²) in [5, 5.41) is 5.33. The number of rotatable bonds is 2. The molecular weight excluding hydrogens is 317 g/mol. The number of hydrogen-bond acceptors (Lipinski definition) is 4. The molecule has 0 unspecified atom stereocenters. The minimum atomic E-state index is -0.274. The molecule has 25 heavy (non-hydrogen) atoms. The van der Waals surface area contributed by atoms with Gasteiger partial charge in [0.05, 0.1) is 17.3 Å². The molecule has 1 aliphatic heterocycles. The Morgan fingerprint density at radius 3 is 2.68 bits per heavy atom. The van der Waals surface area contributed by atoms with Gasteiger partial charge in [0.1, 0.15) is 18.0 Å². The molecule has 0 radical (unpaired) electrons. The number of nitrogens with zero attached hydrogens (tertiary/aromatic N) is 5. The predicted molar refractivity (Wildman–Crippen MR) is 93.8 cm³/mol. The highest BCUT2D eigenvalue weighted by molar-refractivity contribution is 5.90. The summed E-state index contributed by atoms with van der Waals surface area (Å²) in [5.74, 6) is 0.576. The van der Waals surface area contributed by atoms with Crippen molar-refractivity contribution in [1.82, 2.24) is 19.7 Å². The van der Waals surface area contributed by atoms with Crippen LogP contribution in [0.3, 0.4) is 0 Å². The number of para-hydroxylation sites is 1. The second-order valence-corrected chi connectivity index (χ2v) is 6.00. The number of halogens is 1. The van der Waals surface area contributed by atoms with Crippen molar-refractivity contribution < 1.29 is 4.39 Å². The van der Waals surface area contributed by atoms with Gasteiger partial charge in [-0.3, -0.25) is 0 Å². The Balaban J connectivity index is 1.66. The van der Waals surface area contributed by atoms with Crippen LogP contribution < -0.4 is 4.90 Å². The Bertz CT molecular complexity index is 1070. The molecule has 3 heterocycles. The number of aromatic nitrogens is 4. The van der Waals surface area contributed by atoms with Gasteiger partial charge in [-0.05, 0) is 42.3 Å². The maximum Gasteiger partial charge on any atom is 0.168 e. The first kappa shape index (κ1) is 14.1. The highest BCUT2D eigenvalue weighted by Gasteiger charge is 2.23. The lowest BCUT2D eigenvalue weighted by Gasteiger charge is -2.18. The van der Waals surface area contributed by atoms with Gasteiger partial charge in [-0.15, -0.1) is 0 Å². The molecule has 1 aliphatic rings. The maximum absolute atomic E-state index is 13.2. The molecule has 0 saturated heterocycles. The summed E-state index contributed by atoms with van der Waals surface area (Å²) in [6.45, 7) is 0.882. The zero-order valence-corrected chi connectivity index (χ0v) is 13.3. The summed E-state index contributed by atoms with van der Waals surface area (Å²) in [5.41, 5.74) is 3.97. The number of hydrogen-bond donors (Lipinski definition) is 0. The molecule has 0 spiro atoms. The number of fused-ring (bicyclic) bond motifs is 2. The molecule has 2 aromatic heterocycles. The van der Waals surface area contributed by atoms with Crippen molar-refractivity contribution in [1.29, 1.82) is 0 Å². The summed E-state index contributed by atoms with van der Waals surface area (Å²) in [6, 6.07) is 14.6. The number of anilines is 2. The molecule has 4 aromatic rings. The molecule has 5 rings (SSSR count). The quantitative estimate of drug-likeness (QED) is 0.562. The van der Waals surface area contributed by atoms with Crippen LogP contribution in [0.4, 0.5) is 15.9 Å². The molecule has 122 valence electrons. The van der Waals surface area contributed by atoms with E-state index in [4.69, 9.17) is 0 Å². The third-order valence-electron chi connectivity index (χ3n) is 4.56. The lowest BCUT2D eigenvalue weighted by atomic mass is 10.2. The van der Waals surface area contributed by atoms with Crippen LogP contribution in [0.25, 0.3) is 16.7 Å². The third-order valence-corrected chi connectivity index (χ3v) is 4.56. The molecule has 0 N–H and O–H groups in total. The van der Waals surface area contributed by atoms with E-state index in [2.05, 4.69) is 38.2 Å². The van der Waals surface area contributed by atoms with E-state index in [9.17, 15) is 4.39 Å². The minimum Gasteiger partial charge on any atom is -0.325 e. The fourth-order valence-electron chi connectivity index (χ4n) is 3.38. The predicted octanol–water partition coefficient (Wildman–Crippen LogP) is 3.65. The van der Waals surface area contributed by atoms with Gasteiger partial charge >= 0.3 is 0 Å². The van der Waals surface area contributed by atoms with Crippen molar-refractivity contribution in [3.8, 4) is 5.69 Å². The van der Waals surface area contributed by atoms with Crippen LogP contribution in [0, 0.1) is 5.82 Å². The highest BCUT2D eigenvalue weighted by Crippen LogP contribution is 2.36. The van der Waals surface area contributed by atoms with Crippen LogP contribution in [-0.4, -0.2) is 26.3 Å². The number of benzene rings is 2. The van der Waals surface area contributed by atoms with Crippen LogP contribution in [0.2, 0.25) is 0 Å². The Kier molecular flexibility index (Phi) is 3.03. The third kappa shape index (κ3) is 2.18. The largest absolute Gasteiger partial charge is 0.325 e. The van der Waals surface area contributed by atoms with Gasteiger partial charge in [-0.25, -0.2) is 19.0 Å². The van der Waals surface area contributed by atoms with Gasteiger partial charge in [-0.2, -0.15) is 5.10 Å². The smallest absolute Gasteiger partial charge is 0.168 e. The van der Waals surface area contributed by atoms with E-state index in [1.165, 1.54) is 23.4 Å². The normalized spacial score (nSPS) is 13.4. The molecule has 0 atom stereocenters. The summed E-state index contributed by atoms with van der Waals surface area (Å²) < 4.78 is 14.9. The molecular formula is C19H14FN5. The van der Waals surface area contributed by atoms with Crippen LogP contribution in [0.1, 0.15) is 5.56 Å². The van der Waals surface area contributed by atoms with Gasteiger partial charge in [0.2, 0.25) is 0 Å². The van der Waals surface area contributed by atoms with Gasteiger partial charge in [0, 0.05) is 12.2 Å². The molecule has 0 saturated carbocycles. The zero-order chi connectivity index (χ0) is 16.8. The minimum absolute atomic E-state index is 0.274. The SMILES string of the molecule is Fc1ccc(-n2ncc3c(N4CCc5ccccc54)ncnc32)cc1. The molecule has 5 nitrogen and oxygen atoms in total. The molecule has 6 heteroatoms. The summed E-state index contributed by atoms with van der Waals surface area (Å²) in [7, 11) is 0. The lowest BCUT2D eigenvalue weighted by Crippen LogP contribution is -2.15. The van der Waals surface area contributed by atoms with Gasteiger partial charge in [0.25, 0.3) is 0 Å². The van der Waals surface area contributed by atoms with Crippen molar-refractivity contribution in [2.45, 2.75) is 6.42 Å². The topological polar surface area (TPSA) is 46.8 Å². The molecule has 2 aromatic carbocycles. The fraction of sp³-hybridized carbons (Fsp3) is 0.105. The lowest BCUT2D eigenvalue weighted by molar-refractivity contribution is 0.627. The van der Waals surface area contributed by atoms with Crippen LogP contribution in [0.5, 0.6) is 0 Å². The second kappa shape index (κ2) is 5.37. The molecule has 0 aliphatic carbocycles. The summed E-state index contributed by atoms with van der Waals surface area (Å²) in [6.07, 6.45) is 4.32. The first-order valence-corrected chi connectivity index (χ1v) is 8.11. The Labute approximate surface area is 143 Å². The van der Waals surface area contributed by atoms with E-state index in [0.29, 0.717) is 5.65 Å². The van der Waals surface area contributed by atoms with Crippen molar-refractivity contribution in [3.05, 3.63) is 72.4 Å². The van der Waals surface area contributed by atoms with E-state index in [0.717, 1.165) is 29.9 Å². The van der Waals surface area contributed by atoms with E-state index in [1.807, 2.05) is 6.07 Å². The zero-order valence-electron chi connectivity index (χ0n) is 13.3. The van der Waals surface area contributed by atoms with E-state index in [-0.39, 0.29) is 5.82 Å². The van der Waals surface area contributed by atoms with Gasteiger partial charge in [-0.1, -0.05) is 18.2 Å². The average molecular weight is 331 g/mol. The summed E-state index contributed by atoms with van der Waals surface area (Å²) >= 11 is 0. The second-order valence-electron chi connectivity index (χ2n) is 6.00. The van der Waals surface area contributed by atoms with Crippen LogP contribution >= 0.6 is 0 Å². The van der Waals surface area contributed by atoms with Crippen LogP contribution in [-0.2, 0) is 6.42 Å². The standard InChI is InChI=1S/C19H14FN5/c20-14-5-7-15(8-6-14)25-19-16(11-23-25)18(21-12-22-19)24-10-9-13-3-1-2-4-17(13)24/h1-8,11-12H,9-10H2. The van der Waals surface area contributed by atoms with Crippen molar-refractivity contribution in [2.75, 3.05) is 11.4 Å². The summed E-state index contributed by atoms with van der Waals surface area (Å²) in [4.78, 5) is 11.1. The van der Waals surface area contributed by atoms with Crippen molar-refractivity contribution in [3.63, 3.8) is 0 Å². The first-order valence-electron chi connectivity index (χ1n) is 8.11. The van der Waals surface area contributed by atoms with E-state index >= 15 is 0 Å².